The van der Waals surface area contributed by atoms with Gasteiger partial charge in [-0.15, -0.1) is 0 Å². The van der Waals surface area contributed by atoms with Gasteiger partial charge in [0.2, 0.25) is 0 Å². The Morgan fingerprint density at radius 3 is 2.69 bits per heavy atom. The lowest BCUT2D eigenvalue weighted by molar-refractivity contribution is 0.928. The molecular formula is C15H15N. The highest BCUT2D eigenvalue weighted by molar-refractivity contribution is 5.82. The molecule has 0 aliphatic heterocycles. The van der Waals surface area contributed by atoms with Gasteiger partial charge in [0.25, 0.3) is 0 Å². The van der Waals surface area contributed by atoms with E-state index in [1.54, 1.807) is 6.08 Å². The predicted octanol–water partition coefficient (Wildman–Crippen LogP) is 2.11. The summed E-state index contributed by atoms with van der Waals surface area (Å²) in [5, 5.41) is 3.34. The zero-order valence-electron chi connectivity index (χ0n) is 9.53. The van der Waals surface area contributed by atoms with E-state index in [0.717, 1.165) is 16.1 Å². The van der Waals surface area contributed by atoms with Crippen LogP contribution in [0.2, 0.25) is 0 Å². The van der Waals surface area contributed by atoms with E-state index in [-0.39, 0.29) is 0 Å². The van der Waals surface area contributed by atoms with Crippen LogP contribution in [0.25, 0.3) is 23.6 Å². The summed E-state index contributed by atoms with van der Waals surface area (Å²) in [6, 6.07) is 8.27. The number of benzene rings is 1. The molecule has 0 atom stereocenters. The second-order valence-electron chi connectivity index (χ2n) is 3.86. The molecule has 0 saturated heterocycles. The summed E-state index contributed by atoms with van der Waals surface area (Å²) in [5.41, 5.74) is 2.09. The number of fused-ring (bicyclic) bond motifs is 1. The zero-order valence-corrected chi connectivity index (χ0v) is 9.53. The highest BCUT2D eigenvalue weighted by Gasteiger charge is 2.01. The maximum absolute atomic E-state index is 4.10. The van der Waals surface area contributed by atoms with Crippen molar-refractivity contribution in [3.63, 3.8) is 0 Å². The molecule has 0 aliphatic carbocycles. The quantitative estimate of drug-likeness (QED) is 0.668. The number of hydrogen-bond acceptors (Lipinski definition) is 0. The van der Waals surface area contributed by atoms with E-state index in [1.165, 1.54) is 10.9 Å². The Balaban J connectivity index is 2.95. The first-order valence-corrected chi connectivity index (χ1v) is 5.20. The molecule has 2 rings (SSSR count). The van der Waals surface area contributed by atoms with Crippen LogP contribution in [-0.4, -0.2) is 4.57 Å². The monoisotopic (exact) mass is 209 g/mol. The molecule has 0 bridgehead atoms. The second kappa shape index (κ2) is 3.86. The molecule has 1 heterocycles. The molecule has 16 heavy (non-hydrogen) atoms. The Labute approximate surface area is 95.3 Å². The van der Waals surface area contributed by atoms with Crippen LogP contribution >= 0.6 is 0 Å². The van der Waals surface area contributed by atoms with Crippen molar-refractivity contribution in [3.05, 3.63) is 59.6 Å². The van der Waals surface area contributed by atoms with E-state index in [9.17, 15) is 0 Å². The fourth-order valence-corrected chi connectivity index (χ4v) is 1.88. The fraction of sp³-hybridized carbons (Fsp3) is 0.0667. The lowest BCUT2D eigenvalue weighted by atomic mass is 10.2. The van der Waals surface area contributed by atoms with Crippen molar-refractivity contribution in [2.45, 2.75) is 0 Å². The van der Waals surface area contributed by atoms with Gasteiger partial charge in [-0.2, -0.15) is 0 Å². The van der Waals surface area contributed by atoms with E-state index in [4.69, 9.17) is 0 Å². The van der Waals surface area contributed by atoms with Gasteiger partial charge in [-0.05, 0) is 17.7 Å². The summed E-state index contributed by atoms with van der Waals surface area (Å²) < 4.78 is 2.09. The van der Waals surface area contributed by atoms with E-state index >= 15 is 0 Å². The summed E-state index contributed by atoms with van der Waals surface area (Å²) in [5.74, 6) is 0. The van der Waals surface area contributed by atoms with Crippen molar-refractivity contribution >= 4 is 23.6 Å². The van der Waals surface area contributed by atoms with Crippen molar-refractivity contribution < 1.29 is 0 Å². The lowest BCUT2D eigenvalue weighted by Gasteiger charge is -1.93. The summed E-state index contributed by atoms with van der Waals surface area (Å²) in [6.45, 7) is 11.7. The van der Waals surface area contributed by atoms with E-state index < -0.39 is 0 Å². The minimum absolute atomic E-state index is 0.904. The van der Waals surface area contributed by atoms with Crippen LogP contribution in [0.1, 0.15) is 0 Å². The Kier molecular flexibility index (Phi) is 2.53. The normalized spacial score (nSPS) is 11.9. The number of hydrogen-bond donors (Lipinski definition) is 0. The van der Waals surface area contributed by atoms with Gasteiger partial charge in [0, 0.05) is 28.5 Å². The first kappa shape index (κ1) is 10.5. The molecule has 0 radical (unpaired) electrons. The number of nitrogens with zero attached hydrogens (tertiary/aromatic N) is 1. The van der Waals surface area contributed by atoms with Crippen LogP contribution in [0, 0.1) is 0 Å². The maximum Gasteiger partial charge on any atom is 0.0488 e. The third-order valence-corrected chi connectivity index (χ3v) is 2.86. The van der Waals surface area contributed by atoms with E-state index in [0.29, 0.717) is 0 Å². The van der Waals surface area contributed by atoms with Crippen molar-refractivity contribution in [3.8, 4) is 0 Å². The minimum Gasteiger partial charge on any atom is -0.344 e. The largest absolute Gasteiger partial charge is 0.344 e. The summed E-state index contributed by atoms with van der Waals surface area (Å²) in [4.78, 5) is 0. The lowest BCUT2D eigenvalue weighted by Crippen LogP contribution is -2.25. The average molecular weight is 209 g/mol. The van der Waals surface area contributed by atoms with Crippen molar-refractivity contribution in [1.82, 2.24) is 4.57 Å². The molecule has 80 valence electrons. The van der Waals surface area contributed by atoms with E-state index in [2.05, 4.69) is 36.4 Å². The van der Waals surface area contributed by atoms with Crippen LogP contribution < -0.4 is 10.6 Å². The van der Waals surface area contributed by atoms with Crippen LogP contribution in [0.3, 0.4) is 0 Å². The molecule has 1 nitrogen and oxygen atoms in total. The molecule has 1 heteroatoms. The van der Waals surface area contributed by atoms with Gasteiger partial charge >= 0.3 is 0 Å². The highest BCUT2D eigenvalue weighted by Crippen LogP contribution is 2.07. The van der Waals surface area contributed by atoms with Crippen LogP contribution in [-0.2, 0) is 7.05 Å². The molecular weight excluding hydrogens is 194 g/mol. The molecule has 0 fully saturated rings. The molecule has 0 spiro atoms. The summed E-state index contributed by atoms with van der Waals surface area (Å²) in [6.07, 6.45) is 3.78. The third kappa shape index (κ3) is 1.50. The van der Waals surface area contributed by atoms with Crippen LogP contribution in [0.15, 0.2) is 49.1 Å². The molecule has 0 unspecified atom stereocenters. The van der Waals surface area contributed by atoms with Crippen molar-refractivity contribution in [2.75, 3.05) is 0 Å². The molecule has 2 aromatic rings. The smallest absolute Gasteiger partial charge is 0.0488 e. The Morgan fingerprint density at radius 1 is 1.31 bits per heavy atom. The summed E-state index contributed by atoms with van der Waals surface area (Å²) >= 11 is 0. The van der Waals surface area contributed by atoms with Gasteiger partial charge in [0.15, 0.2) is 0 Å². The molecule has 0 amide bonds. The van der Waals surface area contributed by atoms with Crippen molar-refractivity contribution in [2.24, 2.45) is 7.05 Å². The number of aryl methyl sites for hydroxylation is 1. The van der Waals surface area contributed by atoms with Gasteiger partial charge in [-0.25, -0.2) is 0 Å². The predicted molar refractivity (Wildman–Crippen MR) is 71.5 cm³/mol. The standard InChI is InChI=1S/C15H15N/c1-5-11(2)10-14-12(3)16(4)15-9-7-6-8-13(14)15/h5-10H,1-3H2,4H3/b14-10+. The molecule has 1 aromatic heterocycles. The third-order valence-electron chi connectivity index (χ3n) is 2.86. The zero-order chi connectivity index (χ0) is 11.7. The first-order chi connectivity index (χ1) is 7.65. The number of aromatic nitrogens is 1. The summed E-state index contributed by atoms with van der Waals surface area (Å²) in [7, 11) is 2.03. The Bertz CT molecular complexity index is 671. The number of allylic oxidation sites excluding steroid dienone is 2. The molecule has 1 aromatic carbocycles. The van der Waals surface area contributed by atoms with Gasteiger partial charge in [0.05, 0.1) is 0 Å². The van der Waals surface area contributed by atoms with Gasteiger partial charge in [-0.1, -0.05) is 44.0 Å². The highest BCUT2D eigenvalue weighted by atomic mass is 14.9. The average Bonchev–Trinajstić information content (AvgIpc) is 2.55. The SMILES string of the molecule is C=CC(=C)/C=c1\c(=C)n(C)c2ccccc12. The molecule has 0 saturated carbocycles. The fourth-order valence-electron chi connectivity index (χ4n) is 1.88. The minimum atomic E-state index is 0.904. The van der Waals surface area contributed by atoms with Crippen molar-refractivity contribution in [1.29, 1.82) is 0 Å². The number of rotatable bonds is 2. The topological polar surface area (TPSA) is 4.93 Å². The Morgan fingerprint density at radius 2 is 2.00 bits per heavy atom. The molecule has 0 N–H and O–H groups in total. The second-order valence-corrected chi connectivity index (χ2v) is 3.86. The van der Waals surface area contributed by atoms with Crippen LogP contribution in [0.4, 0.5) is 0 Å². The van der Waals surface area contributed by atoms with Gasteiger partial charge in [-0.3, -0.25) is 0 Å². The molecule has 0 aliphatic rings. The van der Waals surface area contributed by atoms with Crippen LogP contribution in [0.5, 0.6) is 0 Å². The first-order valence-electron chi connectivity index (χ1n) is 5.20. The van der Waals surface area contributed by atoms with E-state index in [1.807, 2.05) is 25.3 Å². The Hall–Kier alpha value is -2.02. The number of para-hydroxylation sites is 1. The maximum atomic E-state index is 4.10. The van der Waals surface area contributed by atoms with Gasteiger partial charge in [0.1, 0.15) is 0 Å². The van der Waals surface area contributed by atoms with Gasteiger partial charge < -0.3 is 4.57 Å².